The Labute approximate surface area is 241 Å². The number of nitrogens with two attached hydrogens (primary N) is 1. The third-order valence-corrected chi connectivity index (χ3v) is 8.20. The fourth-order valence-electron chi connectivity index (χ4n) is 5.63. The van der Waals surface area contributed by atoms with Crippen molar-refractivity contribution in [3.8, 4) is 0 Å². The van der Waals surface area contributed by atoms with Gasteiger partial charge in [-0.3, -0.25) is 14.8 Å². The van der Waals surface area contributed by atoms with Crippen LogP contribution in [-0.4, -0.2) is 44.5 Å². The third kappa shape index (κ3) is 9.37. The number of carbonyl (C=O) groups is 1. The van der Waals surface area contributed by atoms with Crippen molar-refractivity contribution in [3.63, 3.8) is 0 Å². The number of allylic oxidation sites excluding steroid dienone is 5. The van der Waals surface area contributed by atoms with Crippen molar-refractivity contribution in [2.24, 2.45) is 32.7 Å². The molecule has 0 aromatic heterocycles. The van der Waals surface area contributed by atoms with E-state index in [1.54, 1.807) is 13.1 Å². The minimum absolute atomic E-state index is 0.0366. The molecule has 1 fully saturated rings. The van der Waals surface area contributed by atoms with Crippen molar-refractivity contribution >= 4 is 23.7 Å². The van der Waals surface area contributed by atoms with E-state index in [1.165, 1.54) is 17.6 Å². The first kappa shape index (κ1) is 33.4. The fraction of sp³-hybridized carbons (Fsp3) is 0.625. The molecule has 1 aliphatic carbocycles. The summed E-state index contributed by atoms with van der Waals surface area (Å²) in [6.45, 7) is 15.1. The number of ketones is 1. The molecule has 0 amide bonds. The highest BCUT2D eigenvalue weighted by Gasteiger charge is 2.40. The molecule has 0 aromatic carbocycles. The van der Waals surface area contributed by atoms with Gasteiger partial charge in [0.25, 0.3) is 0 Å². The minimum Gasteiger partial charge on any atom is -0.512 e. The highest BCUT2D eigenvalue weighted by atomic mass is 16.3. The van der Waals surface area contributed by atoms with Gasteiger partial charge >= 0.3 is 0 Å². The first-order valence-electron chi connectivity index (χ1n) is 14.8. The van der Waals surface area contributed by atoms with Crippen LogP contribution in [0, 0.1) is 11.8 Å². The van der Waals surface area contributed by atoms with Crippen LogP contribution in [0.1, 0.15) is 112 Å². The zero-order valence-electron chi connectivity index (χ0n) is 25.5. The summed E-state index contributed by atoms with van der Waals surface area (Å²) in [4.78, 5) is 26.1. The van der Waals surface area contributed by atoms with E-state index in [0.717, 1.165) is 62.8 Å². The van der Waals surface area contributed by atoms with E-state index in [4.69, 9.17) is 10.8 Å². The summed E-state index contributed by atoms with van der Waals surface area (Å²) in [7, 11) is 0. The molecule has 0 radical (unpaired) electrons. The van der Waals surface area contributed by atoms with Crippen LogP contribution in [-0.2, 0) is 4.79 Å². The maximum atomic E-state index is 12.7. The highest BCUT2D eigenvalue weighted by Crippen LogP contribution is 2.42. The molecule has 1 aliphatic heterocycles. The van der Waals surface area contributed by atoms with Crippen LogP contribution in [0.4, 0.5) is 0 Å². The number of hydrazine groups is 1. The number of hydrogen-bond acceptors (Lipinski definition) is 6. The number of carbonyl (C=O) groups excluding carboxylic acids is 1. The highest BCUT2D eigenvalue weighted by molar-refractivity contribution is 5.94. The van der Waals surface area contributed by atoms with E-state index in [9.17, 15) is 15.0 Å². The summed E-state index contributed by atoms with van der Waals surface area (Å²) in [5.41, 5.74) is 2.53. The lowest BCUT2D eigenvalue weighted by Crippen LogP contribution is -2.38. The van der Waals surface area contributed by atoms with Gasteiger partial charge in [0.05, 0.1) is 5.60 Å². The van der Waals surface area contributed by atoms with E-state index in [1.807, 2.05) is 19.9 Å². The Bertz CT molecular complexity index is 1090. The molecule has 1 saturated carbocycles. The van der Waals surface area contributed by atoms with Gasteiger partial charge in [0, 0.05) is 47.4 Å². The molecule has 222 valence electrons. The van der Waals surface area contributed by atoms with Crippen LogP contribution >= 0.6 is 0 Å². The van der Waals surface area contributed by atoms with Crippen molar-refractivity contribution in [1.82, 2.24) is 5.01 Å². The van der Waals surface area contributed by atoms with E-state index in [2.05, 4.69) is 36.5 Å². The first-order chi connectivity index (χ1) is 19.0. The lowest BCUT2D eigenvalue weighted by atomic mass is 9.76. The second-order valence-electron chi connectivity index (χ2n) is 11.1. The average molecular weight is 554 g/mol. The number of aliphatic imine (C=N–C) groups is 3. The number of hydrogen-bond donors (Lipinski definition) is 3. The van der Waals surface area contributed by atoms with Gasteiger partial charge in [-0.05, 0) is 84.5 Å². The number of Topliss-reactive ketones (excluding diaryl/α,β-unsaturated/α-hetero) is 1. The molecule has 0 bridgehead atoms. The number of guanidine groups is 1. The van der Waals surface area contributed by atoms with Gasteiger partial charge in [-0.25, -0.2) is 15.8 Å². The van der Waals surface area contributed by atoms with Crippen LogP contribution in [0.25, 0.3) is 0 Å². The van der Waals surface area contributed by atoms with Crippen molar-refractivity contribution in [2.45, 2.75) is 118 Å². The number of aliphatic hydroxyl groups excluding tert-OH is 1. The van der Waals surface area contributed by atoms with Crippen molar-refractivity contribution in [2.75, 3.05) is 0 Å². The van der Waals surface area contributed by atoms with Gasteiger partial charge in [0.15, 0.2) is 5.78 Å². The summed E-state index contributed by atoms with van der Waals surface area (Å²) in [6.07, 6.45) is 13.8. The summed E-state index contributed by atoms with van der Waals surface area (Å²) >= 11 is 0. The Hall–Kier alpha value is -2.84. The second-order valence-corrected chi connectivity index (χ2v) is 11.1. The Kier molecular flexibility index (Phi) is 13.2. The SMILES string of the molecule is C=C(C/C(C(C)=O)=C(\O)C[C@](O)(CCC1C=C(CC)N=C(CC)C1)C1CCCC1)N=C(N=CC)N(N)/C(C)=C\C. The number of nitrogens with zero attached hydrogens (tertiary/aromatic N) is 4. The maximum absolute atomic E-state index is 12.7. The molecule has 0 spiro atoms. The van der Waals surface area contributed by atoms with Gasteiger partial charge < -0.3 is 10.2 Å². The van der Waals surface area contributed by atoms with Crippen LogP contribution in [0.15, 0.2) is 62.1 Å². The number of rotatable bonds is 13. The number of aliphatic hydroxyl groups is 2. The Morgan fingerprint density at radius 3 is 2.48 bits per heavy atom. The molecule has 2 atom stereocenters. The van der Waals surface area contributed by atoms with Gasteiger partial charge in [0.2, 0.25) is 5.96 Å². The van der Waals surface area contributed by atoms with Gasteiger partial charge in [-0.15, -0.1) is 0 Å². The molecule has 40 heavy (non-hydrogen) atoms. The average Bonchev–Trinajstić information content (AvgIpc) is 3.49. The first-order valence-corrected chi connectivity index (χ1v) is 14.8. The van der Waals surface area contributed by atoms with E-state index in [0.29, 0.717) is 18.0 Å². The van der Waals surface area contributed by atoms with E-state index < -0.39 is 5.60 Å². The minimum atomic E-state index is -1.10. The molecule has 1 unspecified atom stereocenters. The lowest BCUT2D eigenvalue weighted by molar-refractivity contribution is -0.114. The quantitative estimate of drug-likeness (QED) is 0.0561. The zero-order chi connectivity index (χ0) is 29.9. The molecule has 2 rings (SSSR count). The third-order valence-electron chi connectivity index (χ3n) is 8.20. The monoisotopic (exact) mass is 553 g/mol. The van der Waals surface area contributed by atoms with Crippen molar-refractivity contribution in [3.05, 3.63) is 47.2 Å². The fourth-order valence-corrected chi connectivity index (χ4v) is 5.63. The molecule has 2 aliphatic rings. The molecule has 4 N–H and O–H groups in total. The lowest BCUT2D eigenvalue weighted by Gasteiger charge is -2.36. The molecule has 1 heterocycles. The van der Waals surface area contributed by atoms with Gasteiger partial charge in [-0.2, -0.15) is 0 Å². The summed E-state index contributed by atoms with van der Waals surface area (Å²) in [5, 5.41) is 24.7. The standard InChI is InChI=1S/C32H51N5O3/c1-8-23(6)37(33)31(34-11-4)35-22(5)18-29(24(7)38)30(39)21-32(40,26-14-12-13-15-26)17-16-25-19-27(9-2)36-28(10-3)20-25/h8,11,19,25-26,39-40H,5,9-10,12-18,20-21,33H2,1-4,6-7H3/b23-8-,30-29+,34-11?,35-31?/t25?,32-/m1/s1. The molecule has 8 heteroatoms. The smallest absolute Gasteiger partial charge is 0.244 e. The van der Waals surface area contributed by atoms with Crippen LogP contribution in [0.2, 0.25) is 0 Å². The summed E-state index contributed by atoms with van der Waals surface area (Å²) in [5.74, 6) is 6.42. The van der Waals surface area contributed by atoms with Crippen molar-refractivity contribution in [1.29, 1.82) is 0 Å². The predicted molar refractivity (Wildman–Crippen MR) is 166 cm³/mol. The Morgan fingerprint density at radius 2 is 1.93 bits per heavy atom. The van der Waals surface area contributed by atoms with Crippen LogP contribution in [0.5, 0.6) is 0 Å². The molecular weight excluding hydrogens is 502 g/mol. The topological polar surface area (TPSA) is 124 Å². The van der Waals surface area contributed by atoms with Gasteiger partial charge in [-0.1, -0.05) is 45.4 Å². The Balaban J connectivity index is 2.30. The largest absolute Gasteiger partial charge is 0.512 e. The zero-order valence-corrected chi connectivity index (χ0v) is 25.5. The predicted octanol–water partition coefficient (Wildman–Crippen LogP) is 7.09. The molecule has 8 nitrogen and oxygen atoms in total. The summed E-state index contributed by atoms with van der Waals surface area (Å²) in [6, 6.07) is 0. The van der Waals surface area contributed by atoms with Crippen molar-refractivity contribution < 1.29 is 15.0 Å². The normalized spacial score (nSPS) is 21.1. The molecular formula is C32H51N5O3. The Morgan fingerprint density at radius 1 is 1.25 bits per heavy atom. The molecule has 0 saturated heterocycles. The van der Waals surface area contributed by atoms with E-state index >= 15 is 0 Å². The van der Waals surface area contributed by atoms with Gasteiger partial charge in [0.1, 0.15) is 5.76 Å². The summed E-state index contributed by atoms with van der Waals surface area (Å²) < 4.78 is 0. The van der Waals surface area contributed by atoms with Crippen LogP contribution < -0.4 is 5.84 Å². The van der Waals surface area contributed by atoms with Crippen LogP contribution in [0.3, 0.4) is 0 Å². The maximum Gasteiger partial charge on any atom is 0.244 e. The molecule has 0 aromatic rings. The second kappa shape index (κ2) is 15.8. The van der Waals surface area contributed by atoms with E-state index in [-0.39, 0.29) is 41.8 Å².